The number of carbonyl (C=O) groups excluding carboxylic acids is 1. The van der Waals surface area contributed by atoms with E-state index in [0.717, 1.165) is 29.4 Å². The molecule has 1 amide bonds. The Morgan fingerprint density at radius 2 is 1.84 bits per heavy atom. The number of anilines is 1. The zero-order valence-corrected chi connectivity index (χ0v) is 20.4. The van der Waals surface area contributed by atoms with Crippen molar-refractivity contribution in [2.45, 2.75) is 24.6 Å². The zero-order valence-electron chi connectivity index (χ0n) is 19.7. The maximum absolute atomic E-state index is 14.5. The number of nitrogens with zero attached hydrogens (tertiary/aromatic N) is 3. The molecule has 4 rings (SSSR count). The van der Waals surface area contributed by atoms with Gasteiger partial charge in [-0.25, -0.2) is 14.8 Å². The lowest BCUT2D eigenvalue weighted by atomic mass is 9.77. The Hall–Kier alpha value is -4.10. The van der Waals surface area contributed by atoms with Gasteiger partial charge in [-0.2, -0.15) is 13.2 Å². The molecule has 0 spiro atoms. The third kappa shape index (κ3) is 5.02. The first kappa shape index (κ1) is 26.9. The topological polar surface area (TPSA) is 131 Å². The highest BCUT2D eigenvalue weighted by Crippen LogP contribution is 2.51. The molecule has 2 heterocycles. The first-order valence-electron chi connectivity index (χ1n) is 10.8. The van der Waals surface area contributed by atoms with Gasteiger partial charge in [0.05, 0.1) is 18.1 Å². The maximum atomic E-state index is 14.5. The van der Waals surface area contributed by atoms with Crippen LogP contribution in [0.2, 0.25) is 5.02 Å². The van der Waals surface area contributed by atoms with Crippen LogP contribution in [0.25, 0.3) is 0 Å². The largest absolute Gasteiger partial charge is 0.512 e. The van der Waals surface area contributed by atoms with E-state index in [1.165, 1.54) is 38.2 Å². The van der Waals surface area contributed by atoms with E-state index >= 15 is 0 Å². The standard InChI is InChI=1S/C24H19ClF3N3O7/c1-12(15-5-4-14(8-16(15)25)37-19-9-30-20(10-29-19)38-22(33)34)23(35,24(26,27)28)13-3-6-18-17(7-13)31(2)21(32)11-36-18/h3-10,12,35H,11H2,1-2H3,(H,33,34). The molecule has 0 radical (unpaired) electrons. The van der Waals surface area contributed by atoms with Gasteiger partial charge in [0.15, 0.2) is 12.2 Å². The predicted molar refractivity (Wildman–Crippen MR) is 126 cm³/mol. The molecule has 14 heteroatoms. The molecule has 1 aliphatic heterocycles. The molecule has 1 aliphatic rings. The summed E-state index contributed by atoms with van der Waals surface area (Å²) in [5.41, 5.74) is -3.84. The van der Waals surface area contributed by atoms with Crippen molar-refractivity contribution in [1.82, 2.24) is 9.97 Å². The van der Waals surface area contributed by atoms with Crippen LogP contribution in [0.4, 0.5) is 23.7 Å². The number of aromatic nitrogens is 2. The average molecular weight is 554 g/mol. The molecule has 0 saturated carbocycles. The van der Waals surface area contributed by atoms with Gasteiger partial charge in [-0.1, -0.05) is 30.7 Å². The van der Waals surface area contributed by atoms with E-state index < -0.39 is 35.3 Å². The highest BCUT2D eigenvalue weighted by Gasteiger charge is 2.59. The number of halogens is 4. The summed E-state index contributed by atoms with van der Waals surface area (Å²) < 4.78 is 58.5. The molecule has 1 aromatic heterocycles. The summed E-state index contributed by atoms with van der Waals surface area (Å²) in [7, 11) is 1.40. The number of amides is 1. The quantitative estimate of drug-likeness (QED) is 0.410. The lowest BCUT2D eigenvalue weighted by Crippen LogP contribution is -2.47. The number of carbonyl (C=O) groups is 2. The minimum Gasteiger partial charge on any atom is -0.482 e. The number of carboxylic acid groups (broad SMARTS) is 1. The summed E-state index contributed by atoms with van der Waals surface area (Å²) >= 11 is 6.32. The Morgan fingerprint density at radius 3 is 2.45 bits per heavy atom. The van der Waals surface area contributed by atoms with Crippen molar-refractivity contribution >= 4 is 29.4 Å². The van der Waals surface area contributed by atoms with Crippen LogP contribution in [0, 0.1) is 0 Å². The second-order valence-electron chi connectivity index (χ2n) is 8.26. The SMILES string of the molecule is CC(c1ccc(Oc2cnc(OC(=O)O)cn2)cc1Cl)C(O)(c1ccc2c(c1)N(C)C(=O)CO2)C(F)(F)F. The van der Waals surface area contributed by atoms with Crippen LogP contribution in [-0.2, 0) is 10.4 Å². The van der Waals surface area contributed by atoms with Gasteiger partial charge >= 0.3 is 12.3 Å². The minimum atomic E-state index is -5.13. The summed E-state index contributed by atoms with van der Waals surface area (Å²) in [6.07, 6.45) is -4.63. The van der Waals surface area contributed by atoms with Crippen molar-refractivity contribution in [2.24, 2.45) is 0 Å². The van der Waals surface area contributed by atoms with Gasteiger partial charge in [0.25, 0.3) is 5.91 Å². The number of alkyl halides is 3. The van der Waals surface area contributed by atoms with Gasteiger partial charge in [0, 0.05) is 18.0 Å². The predicted octanol–water partition coefficient (Wildman–Crippen LogP) is 4.89. The van der Waals surface area contributed by atoms with Gasteiger partial charge in [-0.15, -0.1) is 0 Å². The first-order valence-corrected chi connectivity index (χ1v) is 11.2. The molecular formula is C24H19ClF3N3O7. The van der Waals surface area contributed by atoms with Crippen LogP contribution >= 0.6 is 11.6 Å². The van der Waals surface area contributed by atoms with Crippen LogP contribution < -0.4 is 19.1 Å². The highest BCUT2D eigenvalue weighted by molar-refractivity contribution is 6.31. The van der Waals surface area contributed by atoms with Crippen molar-refractivity contribution in [3.05, 3.63) is 64.9 Å². The number of likely N-dealkylation sites (N-methyl/N-ethyl adjacent to an activating group) is 1. The lowest BCUT2D eigenvalue weighted by Gasteiger charge is -2.38. The molecule has 2 atom stereocenters. The maximum Gasteiger partial charge on any atom is 0.512 e. The summed E-state index contributed by atoms with van der Waals surface area (Å²) in [6, 6.07) is 7.26. The highest BCUT2D eigenvalue weighted by atomic mass is 35.5. The Kier molecular flexibility index (Phi) is 7.08. The molecular weight excluding hydrogens is 535 g/mol. The third-order valence-electron chi connectivity index (χ3n) is 6.00. The lowest BCUT2D eigenvalue weighted by molar-refractivity contribution is -0.274. The number of ether oxygens (including phenoxy) is 3. The van der Waals surface area contributed by atoms with E-state index in [9.17, 15) is 27.9 Å². The van der Waals surface area contributed by atoms with Crippen LogP contribution in [0.1, 0.15) is 24.0 Å². The molecule has 0 saturated heterocycles. The summed E-state index contributed by atoms with van der Waals surface area (Å²) in [5.74, 6) is -2.11. The Morgan fingerprint density at radius 1 is 1.16 bits per heavy atom. The molecule has 0 bridgehead atoms. The van der Waals surface area contributed by atoms with E-state index in [0.29, 0.717) is 0 Å². The van der Waals surface area contributed by atoms with Crippen molar-refractivity contribution in [1.29, 1.82) is 0 Å². The van der Waals surface area contributed by atoms with E-state index in [2.05, 4.69) is 14.7 Å². The molecule has 2 N–H and O–H groups in total. The summed E-state index contributed by atoms with van der Waals surface area (Å²) in [5, 5.41) is 19.6. The Balaban J connectivity index is 1.65. The fraction of sp³-hybridized carbons (Fsp3) is 0.250. The van der Waals surface area contributed by atoms with Crippen LogP contribution in [0.3, 0.4) is 0 Å². The van der Waals surface area contributed by atoms with Gasteiger partial charge < -0.3 is 29.3 Å². The normalized spacial score (nSPS) is 15.7. The fourth-order valence-electron chi connectivity index (χ4n) is 3.94. The second kappa shape index (κ2) is 9.99. The summed E-state index contributed by atoms with van der Waals surface area (Å²) in [6.45, 7) is 0.922. The molecule has 38 heavy (non-hydrogen) atoms. The Labute approximate surface area is 218 Å². The molecule has 2 aromatic carbocycles. The number of fused-ring (bicyclic) bond motifs is 1. The van der Waals surface area contributed by atoms with E-state index in [1.807, 2.05) is 0 Å². The third-order valence-corrected chi connectivity index (χ3v) is 6.33. The van der Waals surface area contributed by atoms with Crippen molar-refractivity contribution in [2.75, 3.05) is 18.6 Å². The van der Waals surface area contributed by atoms with Gasteiger partial charge in [0.2, 0.25) is 11.8 Å². The zero-order chi connectivity index (χ0) is 27.8. The van der Waals surface area contributed by atoms with Crippen molar-refractivity contribution in [3.8, 4) is 23.3 Å². The monoisotopic (exact) mass is 553 g/mol. The average Bonchev–Trinajstić information content (AvgIpc) is 2.85. The minimum absolute atomic E-state index is 0.0338. The van der Waals surface area contributed by atoms with Crippen LogP contribution in [0.15, 0.2) is 48.8 Å². The molecule has 200 valence electrons. The molecule has 2 unspecified atom stereocenters. The molecule has 10 nitrogen and oxygen atoms in total. The van der Waals surface area contributed by atoms with Crippen LogP contribution in [0.5, 0.6) is 23.3 Å². The van der Waals surface area contributed by atoms with Gasteiger partial charge in [-0.05, 0) is 35.4 Å². The second-order valence-corrected chi connectivity index (χ2v) is 8.66. The number of rotatable bonds is 6. The van der Waals surface area contributed by atoms with E-state index in [-0.39, 0.29) is 46.1 Å². The van der Waals surface area contributed by atoms with Gasteiger partial charge in [-0.3, -0.25) is 4.79 Å². The smallest absolute Gasteiger partial charge is 0.482 e. The molecule has 0 aliphatic carbocycles. The number of aliphatic hydroxyl groups is 1. The van der Waals surface area contributed by atoms with Crippen LogP contribution in [-0.4, -0.2) is 52.1 Å². The first-order chi connectivity index (χ1) is 17.8. The fourth-order valence-corrected chi connectivity index (χ4v) is 4.27. The summed E-state index contributed by atoms with van der Waals surface area (Å²) in [4.78, 5) is 31.2. The van der Waals surface area contributed by atoms with E-state index in [1.54, 1.807) is 0 Å². The molecule has 3 aromatic rings. The number of hydrogen-bond acceptors (Lipinski definition) is 8. The number of benzene rings is 2. The van der Waals surface area contributed by atoms with E-state index in [4.69, 9.17) is 26.2 Å². The molecule has 0 fully saturated rings. The Bertz CT molecular complexity index is 1390. The number of hydrogen-bond donors (Lipinski definition) is 2. The van der Waals surface area contributed by atoms with Crippen molar-refractivity contribution < 1.29 is 47.2 Å². The van der Waals surface area contributed by atoms with Gasteiger partial charge in [0.1, 0.15) is 11.5 Å². The van der Waals surface area contributed by atoms with Crippen molar-refractivity contribution in [3.63, 3.8) is 0 Å².